The lowest BCUT2D eigenvalue weighted by molar-refractivity contribution is 0.378. The third kappa shape index (κ3) is 3.57. The molecular weight excluding hydrogens is 276 g/mol. The first-order valence-corrected chi connectivity index (χ1v) is 6.81. The van der Waals surface area contributed by atoms with Crippen LogP contribution >= 0.6 is 11.6 Å². The Bertz CT molecular complexity index is 574. The van der Waals surface area contributed by atoms with Crippen LogP contribution in [0.4, 0.5) is 5.95 Å². The molecular formula is C14H17ClN4O. The van der Waals surface area contributed by atoms with Crippen molar-refractivity contribution in [1.29, 1.82) is 0 Å². The van der Waals surface area contributed by atoms with E-state index in [0.717, 1.165) is 12.0 Å². The number of aromatic nitrogens is 3. The molecule has 0 aliphatic rings. The second-order valence-electron chi connectivity index (χ2n) is 4.38. The third-order valence-corrected chi connectivity index (χ3v) is 3.17. The molecule has 20 heavy (non-hydrogen) atoms. The fraction of sp³-hybridized carbons (Fsp3) is 0.357. The Labute approximate surface area is 123 Å². The van der Waals surface area contributed by atoms with E-state index in [0.29, 0.717) is 5.95 Å². The van der Waals surface area contributed by atoms with Gasteiger partial charge in [0.15, 0.2) is 0 Å². The maximum Gasteiger partial charge on any atom is 0.322 e. The molecule has 1 heterocycles. The van der Waals surface area contributed by atoms with Crippen LogP contribution in [0.5, 0.6) is 6.01 Å². The van der Waals surface area contributed by atoms with Gasteiger partial charge >= 0.3 is 6.01 Å². The highest BCUT2D eigenvalue weighted by Crippen LogP contribution is 2.19. The summed E-state index contributed by atoms with van der Waals surface area (Å²) in [5.41, 5.74) is 2.46. The quantitative estimate of drug-likeness (QED) is 0.916. The predicted octanol–water partition coefficient (Wildman–Crippen LogP) is 3.27. The molecule has 106 valence electrons. The van der Waals surface area contributed by atoms with Gasteiger partial charge in [0.1, 0.15) is 0 Å². The van der Waals surface area contributed by atoms with E-state index in [1.54, 1.807) is 0 Å². The first-order chi connectivity index (χ1) is 9.62. The molecule has 1 unspecified atom stereocenters. The summed E-state index contributed by atoms with van der Waals surface area (Å²) in [5.74, 6) is 0.397. The van der Waals surface area contributed by atoms with Crippen LogP contribution < -0.4 is 10.1 Å². The number of anilines is 1. The lowest BCUT2D eigenvalue weighted by Crippen LogP contribution is -2.10. The van der Waals surface area contributed by atoms with E-state index in [9.17, 15) is 0 Å². The van der Waals surface area contributed by atoms with Crippen molar-refractivity contribution in [3.8, 4) is 6.01 Å². The van der Waals surface area contributed by atoms with Crippen molar-refractivity contribution in [3.63, 3.8) is 0 Å². The van der Waals surface area contributed by atoms with Gasteiger partial charge in [-0.15, -0.1) is 0 Å². The summed E-state index contributed by atoms with van der Waals surface area (Å²) < 4.78 is 4.97. The topological polar surface area (TPSA) is 59.9 Å². The average Bonchev–Trinajstić information content (AvgIpc) is 2.46. The summed E-state index contributed by atoms with van der Waals surface area (Å²) in [6.45, 7) is 4.17. The van der Waals surface area contributed by atoms with E-state index in [1.165, 1.54) is 12.7 Å². The van der Waals surface area contributed by atoms with Gasteiger partial charge in [0.25, 0.3) is 0 Å². The van der Waals surface area contributed by atoms with Crippen LogP contribution in [0.2, 0.25) is 5.28 Å². The van der Waals surface area contributed by atoms with Crippen LogP contribution in [0.3, 0.4) is 0 Å². The molecule has 0 bridgehead atoms. The molecule has 0 spiro atoms. The maximum absolute atomic E-state index is 5.82. The van der Waals surface area contributed by atoms with E-state index in [-0.39, 0.29) is 17.3 Å². The van der Waals surface area contributed by atoms with Gasteiger partial charge in [-0.05, 0) is 36.1 Å². The van der Waals surface area contributed by atoms with Crippen molar-refractivity contribution < 1.29 is 4.74 Å². The maximum atomic E-state index is 5.82. The molecule has 0 fully saturated rings. The Morgan fingerprint density at radius 3 is 2.50 bits per heavy atom. The highest BCUT2D eigenvalue weighted by molar-refractivity contribution is 6.28. The van der Waals surface area contributed by atoms with E-state index < -0.39 is 0 Å². The fourth-order valence-electron chi connectivity index (χ4n) is 1.81. The van der Waals surface area contributed by atoms with Gasteiger partial charge in [-0.1, -0.05) is 31.2 Å². The lowest BCUT2D eigenvalue weighted by Gasteiger charge is -2.14. The molecule has 0 amide bonds. The first-order valence-electron chi connectivity index (χ1n) is 6.43. The molecule has 1 aromatic carbocycles. The van der Waals surface area contributed by atoms with Crippen molar-refractivity contribution in [2.24, 2.45) is 0 Å². The van der Waals surface area contributed by atoms with Crippen molar-refractivity contribution in [2.45, 2.75) is 26.3 Å². The number of rotatable bonds is 5. The molecule has 0 aliphatic carbocycles. The minimum atomic E-state index is 0.0593. The fourth-order valence-corrected chi connectivity index (χ4v) is 1.96. The lowest BCUT2D eigenvalue weighted by atomic mass is 10.1. The minimum Gasteiger partial charge on any atom is -0.467 e. The Hall–Kier alpha value is -1.88. The van der Waals surface area contributed by atoms with Crippen molar-refractivity contribution in [1.82, 2.24) is 15.0 Å². The Balaban J connectivity index is 2.13. The van der Waals surface area contributed by atoms with Crippen LogP contribution in [0.15, 0.2) is 24.3 Å². The normalized spacial score (nSPS) is 12.0. The van der Waals surface area contributed by atoms with E-state index >= 15 is 0 Å². The smallest absolute Gasteiger partial charge is 0.322 e. The van der Waals surface area contributed by atoms with Crippen LogP contribution in [0.1, 0.15) is 31.0 Å². The van der Waals surface area contributed by atoms with Gasteiger partial charge in [-0.3, -0.25) is 0 Å². The highest BCUT2D eigenvalue weighted by atomic mass is 35.5. The van der Waals surface area contributed by atoms with Crippen molar-refractivity contribution in [3.05, 3.63) is 40.7 Å². The Morgan fingerprint density at radius 2 is 1.90 bits per heavy atom. The zero-order chi connectivity index (χ0) is 14.5. The van der Waals surface area contributed by atoms with Crippen LogP contribution in [0.25, 0.3) is 0 Å². The molecule has 0 radical (unpaired) electrons. The molecule has 0 saturated carbocycles. The third-order valence-electron chi connectivity index (χ3n) is 3.00. The van der Waals surface area contributed by atoms with Gasteiger partial charge in [-0.2, -0.15) is 15.0 Å². The van der Waals surface area contributed by atoms with Gasteiger partial charge in [0, 0.05) is 0 Å². The standard InChI is InChI=1S/C14H17ClN4O/c1-4-10-5-7-11(8-6-10)9(2)16-13-17-12(15)18-14(19-13)20-3/h5-9H,4H2,1-3H3,(H,16,17,18,19). The molecule has 2 aromatic rings. The summed E-state index contributed by atoms with van der Waals surface area (Å²) in [7, 11) is 1.49. The van der Waals surface area contributed by atoms with Gasteiger partial charge in [0.2, 0.25) is 11.2 Å². The van der Waals surface area contributed by atoms with Crippen LogP contribution in [-0.2, 0) is 6.42 Å². The van der Waals surface area contributed by atoms with E-state index in [1.807, 2.05) is 6.92 Å². The number of nitrogens with one attached hydrogen (secondary N) is 1. The zero-order valence-corrected chi connectivity index (χ0v) is 12.5. The zero-order valence-electron chi connectivity index (χ0n) is 11.7. The molecule has 2 rings (SSSR count). The summed E-state index contributed by atoms with van der Waals surface area (Å²) >= 11 is 5.82. The molecule has 1 atom stereocenters. The number of hydrogen-bond acceptors (Lipinski definition) is 5. The first kappa shape index (κ1) is 14.5. The largest absolute Gasteiger partial charge is 0.467 e. The van der Waals surface area contributed by atoms with E-state index in [4.69, 9.17) is 16.3 Å². The number of hydrogen-bond donors (Lipinski definition) is 1. The average molecular weight is 293 g/mol. The summed E-state index contributed by atoms with van der Waals surface area (Å²) in [6.07, 6.45) is 1.03. The number of methoxy groups -OCH3 is 1. The monoisotopic (exact) mass is 292 g/mol. The molecule has 6 heteroatoms. The number of ether oxygens (including phenoxy) is 1. The summed E-state index contributed by atoms with van der Waals surface area (Å²) in [5, 5.41) is 3.29. The SMILES string of the molecule is CCc1ccc(C(C)Nc2nc(Cl)nc(OC)n2)cc1. The Kier molecular flexibility index (Phi) is 4.74. The van der Waals surface area contributed by atoms with Crippen molar-refractivity contribution in [2.75, 3.05) is 12.4 Å². The van der Waals surface area contributed by atoms with Gasteiger partial charge in [0.05, 0.1) is 13.2 Å². The molecule has 5 nitrogen and oxygen atoms in total. The number of aryl methyl sites for hydroxylation is 1. The molecule has 0 aliphatic heterocycles. The van der Waals surface area contributed by atoms with Crippen LogP contribution in [0, 0.1) is 0 Å². The minimum absolute atomic E-state index is 0.0593. The molecule has 1 N–H and O–H groups in total. The summed E-state index contributed by atoms with van der Waals surface area (Å²) in [6, 6.07) is 8.68. The number of nitrogens with zero attached hydrogens (tertiary/aromatic N) is 3. The summed E-state index contributed by atoms with van der Waals surface area (Å²) in [4.78, 5) is 12.0. The number of halogens is 1. The number of benzene rings is 1. The van der Waals surface area contributed by atoms with E-state index in [2.05, 4.69) is 51.5 Å². The molecule has 0 saturated heterocycles. The van der Waals surface area contributed by atoms with Gasteiger partial charge in [-0.25, -0.2) is 0 Å². The van der Waals surface area contributed by atoms with Crippen LogP contribution in [-0.4, -0.2) is 22.1 Å². The van der Waals surface area contributed by atoms with Crippen molar-refractivity contribution >= 4 is 17.5 Å². The second kappa shape index (κ2) is 6.52. The predicted molar refractivity (Wildman–Crippen MR) is 79.2 cm³/mol. The van der Waals surface area contributed by atoms with Gasteiger partial charge < -0.3 is 10.1 Å². The Morgan fingerprint density at radius 1 is 1.20 bits per heavy atom. The molecule has 1 aromatic heterocycles. The second-order valence-corrected chi connectivity index (χ2v) is 4.71. The highest BCUT2D eigenvalue weighted by Gasteiger charge is 2.10.